The van der Waals surface area contributed by atoms with Crippen molar-refractivity contribution in [1.82, 2.24) is 0 Å². The quantitative estimate of drug-likeness (QED) is 0.555. The Bertz CT molecular complexity index is 390. The molecule has 0 aromatic heterocycles. The van der Waals surface area contributed by atoms with E-state index in [-0.39, 0.29) is 0 Å². The van der Waals surface area contributed by atoms with E-state index in [1.807, 2.05) is 38.1 Å². The van der Waals surface area contributed by atoms with E-state index in [1.54, 1.807) is 7.11 Å². The van der Waals surface area contributed by atoms with Crippen LogP contribution in [-0.2, 0) is 4.74 Å². The van der Waals surface area contributed by atoms with Crippen molar-refractivity contribution < 1.29 is 4.74 Å². The molecule has 0 saturated heterocycles. The SMILES string of the molecule is CCC(OC)=C(C#N)c1ccc(C)cc1. The lowest BCUT2D eigenvalue weighted by Crippen LogP contribution is -1.92. The number of rotatable bonds is 3. The minimum atomic E-state index is 0.625. The third-order valence-corrected chi connectivity index (χ3v) is 2.30. The van der Waals surface area contributed by atoms with Crippen LogP contribution in [0.1, 0.15) is 24.5 Å². The summed E-state index contributed by atoms with van der Waals surface area (Å²) in [4.78, 5) is 0. The molecule has 1 aromatic rings. The fourth-order valence-electron chi connectivity index (χ4n) is 1.43. The van der Waals surface area contributed by atoms with Crippen molar-refractivity contribution in [1.29, 1.82) is 5.26 Å². The molecule has 0 aliphatic rings. The number of benzene rings is 1. The fourth-order valence-corrected chi connectivity index (χ4v) is 1.43. The monoisotopic (exact) mass is 201 g/mol. The summed E-state index contributed by atoms with van der Waals surface area (Å²) in [5.41, 5.74) is 2.73. The van der Waals surface area contributed by atoms with E-state index in [2.05, 4.69) is 6.07 Å². The maximum Gasteiger partial charge on any atom is 0.114 e. The molecule has 0 fully saturated rings. The third-order valence-electron chi connectivity index (χ3n) is 2.30. The van der Waals surface area contributed by atoms with Gasteiger partial charge in [0.1, 0.15) is 11.8 Å². The molecule has 0 aliphatic heterocycles. The molecule has 0 N–H and O–H groups in total. The molecule has 0 aliphatic carbocycles. The highest BCUT2D eigenvalue weighted by Gasteiger charge is 2.07. The zero-order valence-electron chi connectivity index (χ0n) is 9.37. The average Bonchev–Trinajstić information content (AvgIpc) is 2.27. The van der Waals surface area contributed by atoms with Gasteiger partial charge in [0.05, 0.1) is 12.7 Å². The van der Waals surface area contributed by atoms with Crippen LogP contribution in [-0.4, -0.2) is 7.11 Å². The molecule has 1 aromatic carbocycles. The molecule has 0 bridgehead atoms. The second-order valence-electron chi connectivity index (χ2n) is 3.33. The van der Waals surface area contributed by atoms with Gasteiger partial charge in [-0.1, -0.05) is 36.8 Å². The first-order valence-corrected chi connectivity index (χ1v) is 4.97. The fraction of sp³-hybridized carbons (Fsp3) is 0.308. The molecule has 0 atom stereocenters. The number of aryl methyl sites for hydroxylation is 1. The number of allylic oxidation sites excluding steroid dienone is 2. The van der Waals surface area contributed by atoms with Gasteiger partial charge >= 0.3 is 0 Å². The van der Waals surface area contributed by atoms with E-state index in [0.717, 1.165) is 17.7 Å². The zero-order valence-corrected chi connectivity index (χ0v) is 9.37. The van der Waals surface area contributed by atoms with Crippen LogP contribution in [0.5, 0.6) is 0 Å². The van der Waals surface area contributed by atoms with Crippen LogP contribution in [0.4, 0.5) is 0 Å². The van der Waals surface area contributed by atoms with Crippen LogP contribution in [0.3, 0.4) is 0 Å². The molecule has 15 heavy (non-hydrogen) atoms. The third kappa shape index (κ3) is 2.60. The minimum absolute atomic E-state index is 0.625. The van der Waals surface area contributed by atoms with Gasteiger partial charge < -0.3 is 4.74 Å². The minimum Gasteiger partial charge on any atom is -0.500 e. The Hall–Kier alpha value is -1.75. The number of hydrogen-bond acceptors (Lipinski definition) is 2. The van der Waals surface area contributed by atoms with Gasteiger partial charge in [-0.2, -0.15) is 5.26 Å². The van der Waals surface area contributed by atoms with Gasteiger partial charge in [-0.05, 0) is 12.5 Å². The Morgan fingerprint density at radius 2 is 1.93 bits per heavy atom. The van der Waals surface area contributed by atoms with Crippen molar-refractivity contribution in [3.63, 3.8) is 0 Å². The maximum absolute atomic E-state index is 9.09. The Morgan fingerprint density at radius 3 is 2.33 bits per heavy atom. The van der Waals surface area contributed by atoms with Gasteiger partial charge in [0.2, 0.25) is 0 Å². The van der Waals surface area contributed by atoms with Crippen molar-refractivity contribution in [2.24, 2.45) is 0 Å². The lowest BCUT2D eigenvalue weighted by molar-refractivity contribution is 0.283. The zero-order chi connectivity index (χ0) is 11.3. The van der Waals surface area contributed by atoms with Gasteiger partial charge in [-0.3, -0.25) is 0 Å². The molecule has 0 spiro atoms. The molecular weight excluding hydrogens is 186 g/mol. The van der Waals surface area contributed by atoms with Gasteiger partial charge in [-0.15, -0.1) is 0 Å². The van der Waals surface area contributed by atoms with Crippen molar-refractivity contribution in [3.8, 4) is 6.07 Å². The summed E-state index contributed by atoms with van der Waals surface area (Å²) in [6.45, 7) is 4.00. The van der Waals surface area contributed by atoms with Crippen LogP contribution in [0.2, 0.25) is 0 Å². The second-order valence-corrected chi connectivity index (χ2v) is 3.33. The average molecular weight is 201 g/mol. The summed E-state index contributed by atoms with van der Waals surface area (Å²) in [5.74, 6) is 0.737. The lowest BCUT2D eigenvalue weighted by Gasteiger charge is -2.07. The summed E-state index contributed by atoms with van der Waals surface area (Å²) in [5, 5.41) is 9.09. The van der Waals surface area contributed by atoms with E-state index in [9.17, 15) is 0 Å². The lowest BCUT2D eigenvalue weighted by atomic mass is 10.0. The molecule has 1 rings (SSSR count). The van der Waals surface area contributed by atoms with Crippen molar-refractivity contribution in [2.75, 3.05) is 7.11 Å². The standard InChI is InChI=1S/C13H15NO/c1-4-13(15-3)12(9-14)11-7-5-10(2)6-8-11/h5-8H,4H2,1-3H3. The predicted molar refractivity (Wildman–Crippen MR) is 61.0 cm³/mol. The number of methoxy groups -OCH3 is 1. The summed E-state index contributed by atoms with van der Waals surface area (Å²) < 4.78 is 5.19. The number of hydrogen-bond donors (Lipinski definition) is 0. The van der Waals surface area contributed by atoms with Crippen LogP contribution in [0.25, 0.3) is 5.57 Å². The normalized spacial score (nSPS) is 11.6. The van der Waals surface area contributed by atoms with Gasteiger partial charge in [0, 0.05) is 6.42 Å². The Labute approximate surface area is 90.8 Å². The van der Waals surface area contributed by atoms with E-state index in [1.165, 1.54) is 5.56 Å². The predicted octanol–water partition coefficient (Wildman–Crippen LogP) is 3.29. The molecule has 2 nitrogen and oxygen atoms in total. The van der Waals surface area contributed by atoms with Crippen molar-refractivity contribution in [2.45, 2.75) is 20.3 Å². The molecule has 0 amide bonds. The highest BCUT2D eigenvalue weighted by atomic mass is 16.5. The largest absolute Gasteiger partial charge is 0.500 e. The summed E-state index contributed by atoms with van der Waals surface area (Å²) in [7, 11) is 1.60. The highest BCUT2D eigenvalue weighted by Crippen LogP contribution is 2.20. The van der Waals surface area contributed by atoms with Gasteiger partial charge in [-0.25, -0.2) is 0 Å². The molecule has 0 unspecified atom stereocenters. The Balaban J connectivity index is 3.19. The van der Waals surface area contributed by atoms with Crippen LogP contribution < -0.4 is 0 Å². The smallest absolute Gasteiger partial charge is 0.114 e. The number of ether oxygens (including phenoxy) is 1. The van der Waals surface area contributed by atoms with E-state index >= 15 is 0 Å². The first-order valence-electron chi connectivity index (χ1n) is 4.97. The van der Waals surface area contributed by atoms with Crippen LogP contribution in [0.15, 0.2) is 30.0 Å². The van der Waals surface area contributed by atoms with Gasteiger partial charge in [0.15, 0.2) is 0 Å². The second kappa shape index (κ2) is 5.21. The summed E-state index contributed by atoms with van der Waals surface area (Å²) >= 11 is 0. The number of nitrogens with zero attached hydrogens (tertiary/aromatic N) is 1. The van der Waals surface area contributed by atoms with Crippen LogP contribution >= 0.6 is 0 Å². The van der Waals surface area contributed by atoms with Crippen molar-refractivity contribution in [3.05, 3.63) is 41.2 Å². The van der Waals surface area contributed by atoms with E-state index < -0.39 is 0 Å². The Kier molecular flexibility index (Phi) is 3.93. The van der Waals surface area contributed by atoms with Gasteiger partial charge in [0.25, 0.3) is 0 Å². The first-order chi connectivity index (χ1) is 7.22. The first kappa shape index (κ1) is 11.3. The summed E-state index contributed by atoms with van der Waals surface area (Å²) in [6.07, 6.45) is 0.729. The Morgan fingerprint density at radius 1 is 1.33 bits per heavy atom. The maximum atomic E-state index is 9.09. The molecule has 0 radical (unpaired) electrons. The molecule has 78 valence electrons. The van der Waals surface area contributed by atoms with E-state index in [0.29, 0.717) is 5.57 Å². The number of nitriles is 1. The molecule has 0 saturated carbocycles. The highest BCUT2D eigenvalue weighted by molar-refractivity contribution is 5.78. The van der Waals surface area contributed by atoms with Crippen LogP contribution in [0, 0.1) is 18.3 Å². The topological polar surface area (TPSA) is 33.0 Å². The van der Waals surface area contributed by atoms with E-state index in [4.69, 9.17) is 10.00 Å². The molecular formula is C13H15NO. The summed E-state index contributed by atoms with van der Waals surface area (Å²) in [6, 6.07) is 10.1. The van der Waals surface area contributed by atoms with Crippen molar-refractivity contribution >= 4 is 5.57 Å². The molecule has 0 heterocycles. The molecule has 2 heteroatoms.